The van der Waals surface area contributed by atoms with Gasteiger partial charge < -0.3 is 4.74 Å². The Balaban J connectivity index is 1.92. The van der Waals surface area contributed by atoms with Crippen LogP contribution in [0.4, 0.5) is 0 Å². The summed E-state index contributed by atoms with van der Waals surface area (Å²) in [7, 11) is 0. The molecular weight excluding hydrogens is 352 g/mol. The van der Waals surface area contributed by atoms with Crippen molar-refractivity contribution in [1.29, 1.82) is 0 Å². The van der Waals surface area contributed by atoms with Gasteiger partial charge in [0.05, 0.1) is 6.61 Å². The van der Waals surface area contributed by atoms with Crippen LogP contribution in [0.25, 0.3) is 0 Å². The molecule has 2 nitrogen and oxygen atoms in total. The second-order valence-corrected chi connectivity index (χ2v) is 6.56. The van der Waals surface area contributed by atoms with Gasteiger partial charge in [-0.05, 0) is 48.4 Å². The van der Waals surface area contributed by atoms with E-state index >= 15 is 0 Å². The lowest BCUT2D eigenvalue weighted by molar-refractivity contribution is 0.0991. The van der Waals surface area contributed by atoms with E-state index in [-0.39, 0.29) is 5.78 Å². The molecule has 2 aromatic rings. The van der Waals surface area contributed by atoms with Gasteiger partial charge in [0.2, 0.25) is 0 Å². The fourth-order valence-corrected chi connectivity index (χ4v) is 3.46. The topological polar surface area (TPSA) is 26.3 Å². The Morgan fingerprint density at radius 3 is 2.90 bits per heavy atom. The average molecular weight is 366 g/mol. The number of rotatable bonds is 3. The lowest BCUT2D eigenvalue weighted by Gasteiger charge is -2.10. The summed E-state index contributed by atoms with van der Waals surface area (Å²) in [4.78, 5) is 12.5. The lowest BCUT2D eigenvalue weighted by atomic mass is 9.97. The van der Waals surface area contributed by atoms with Crippen molar-refractivity contribution in [2.75, 3.05) is 6.61 Å². The van der Waals surface area contributed by atoms with Gasteiger partial charge in [-0.3, -0.25) is 4.79 Å². The first-order valence-corrected chi connectivity index (χ1v) is 7.95. The molecule has 0 spiro atoms. The molecule has 0 atom stereocenters. The Bertz CT molecular complexity index is 725. The minimum atomic E-state index is 0.0833. The highest BCUT2D eigenvalue weighted by Gasteiger charge is 2.20. The van der Waals surface area contributed by atoms with Gasteiger partial charge in [0.25, 0.3) is 0 Å². The molecule has 0 saturated heterocycles. The number of Topliss-reactive ketones (excluding diaryl/α,β-unsaturated/α-hetero) is 1. The first-order valence-electron chi connectivity index (χ1n) is 6.78. The molecule has 0 aromatic heterocycles. The van der Waals surface area contributed by atoms with Crippen LogP contribution in [0.5, 0.6) is 5.75 Å². The molecule has 2 aromatic carbocycles. The van der Waals surface area contributed by atoms with Gasteiger partial charge in [0, 0.05) is 33.5 Å². The van der Waals surface area contributed by atoms with Crippen molar-refractivity contribution in [3.05, 3.63) is 62.1 Å². The molecule has 1 heterocycles. The maximum absolute atomic E-state index is 12.5. The van der Waals surface area contributed by atoms with Crippen molar-refractivity contribution >= 4 is 33.3 Å². The minimum Gasteiger partial charge on any atom is -0.493 e. The summed E-state index contributed by atoms with van der Waals surface area (Å²) in [5, 5.41) is 0.649. The highest BCUT2D eigenvalue weighted by molar-refractivity contribution is 9.10. The van der Waals surface area contributed by atoms with E-state index in [4.69, 9.17) is 16.3 Å². The van der Waals surface area contributed by atoms with E-state index in [2.05, 4.69) is 22.0 Å². The van der Waals surface area contributed by atoms with Crippen LogP contribution in [-0.4, -0.2) is 12.4 Å². The summed E-state index contributed by atoms with van der Waals surface area (Å²) >= 11 is 9.44. The summed E-state index contributed by atoms with van der Waals surface area (Å²) < 4.78 is 6.66. The highest BCUT2D eigenvalue weighted by atomic mass is 79.9. The van der Waals surface area contributed by atoms with Crippen molar-refractivity contribution in [2.24, 2.45) is 0 Å². The maximum atomic E-state index is 12.5. The van der Waals surface area contributed by atoms with E-state index in [1.54, 1.807) is 12.1 Å². The van der Waals surface area contributed by atoms with Crippen LogP contribution in [0.15, 0.2) is 34.8 Å². The zero-order valence-corrected chi connectivity index (χ0v) is 13.9. The second kappa shape index (κ2) is 5.82. The molecule has 0 aliphatic carbocycles. The van der Waals surface area contributed by atoms with Gasteiger partial charge in [-0.2, -0.15) is 0 Å². The van der Waals surface area contributed by atoms with Crippen LogP contribution in [-0.2, 0) is 12.8 Å². The molecule has 0 saturated carbocycles. The third-order valence-corrected chi connectivity index (χ3v) is 4.36. The van der Waals surface area contributed by atoms with Crippen molar-refractivity contribution < 1.29 is 9.53 Å². The molecule has 0 radical (unpaired) electrons. The number of aryl methyl sites for hydroxylation is 1. The largest absolute Gasteiger partial charge is 0.493 e. The van der Waals surface area contributed by atoms with Crippen LogP contribution in [0.2, 0.25) is 5.02 Å². The number of fused-ring (bicyclic) bond motifs is 1. The molecule has 0 unspecified atom stereocenters. The number of halogens is 2. The molecule has 21 heavy (non-hydrogen) atoms. The van der Waals surface area contributed by atoms with Crippen molar-refractivity contribution in [1.82, 2.24) is 0 Å². The number of hydrogen-bond acceptors (Lipinski definition) is 2. The quantitative estimate of drug-likeness (QED) is 0.732. The Morgan fingerprint density at radius 2 is 2.14 bits per heavy atom. The van der Waals surface area contributed by atoms with E-state index in [1.807, 2.05) is 19.1 Å². The fourth-order valence-electron chi connectivity index (χ4n) is 2.69. The van der Waals surface area contributed by atoms with Gasteiger partial charge in [-0.1, -0.05) is 27.5 Å². The Morgan fingerprint density at radius 1 is 1.33 bits per heavy atom. The standard InChI is InChI=1S/C17H14BrClO2/c1-10-6-14(19)2-3-15(10)16(20)9-12-8-13(18)7-11-4-5-21-17(11)12/h2-3,6-8H,4-5,9H2,1H3. The van der Waals surface area contributed by atoms with Crippen LogP contribution in [0.3, 0.4) is 0 Å². The van der Waals surface area contributed by atoms with E-state index < -0.39 is 0 Å². The molecular formula is C17H14BrClO2. The Labute approximate surface area is 137 Å². The molecule has 108 valence electrons. The number of ether oxygens (including phenoxy) is 1. The average Bonchev–Trinajstić information content (AvgIpc) is 2.86. The third kappa shape index (κ3) is 2.99. The molecule has 1 aliphatic heterocycles. The van der Waals surface area contributed by atoms with Crippen LogP contribution in [0.1, 0.15) is 27.0 Å². The van der Waals surface area contributed by atoms with Gasteiger partial charge in [0.15, 0.2) is 5.78 Å². The summed E-state index contributed by atoms with van der Waals surface area (Å²) in [6.45, 7) is 2.59. The predicted molar refractivity (Wildman–Crippen MR) is 87.6 cm³/mol. The summed E-state index contributed by atoms with van der Waals surface area (Å²) in [6.07, 6.45) is 1.24. The summed E-state index contributed by atoms with van der Waals surface area (Å²) in [6, 6.07) is 9.39. The molecule has 4 heteroatoms. The molecule has 0 amide bonds. The number of carbonyl (C=O) groups excluding carboxylic acids is 1. The maximum Gasteiger partial charge on any atom is 0.167 e. The van der Waals surface area contributed by atoms with Gasteiger partial charge in [0.1, 0.15) is 5.75 Å². The third-order valence-electron chi connectivity index (χ3n) is 3.67. The molecule has 0 bridgehead atoms. The number of carbonyl (C=O) groups is 1. The molecule has 1 aliphatic rings. The number of benzene rings is 2. The van der Waals surface area contributed by atoms with Gasteiger partial charge in [-0.25, -0.2) is 0 Å². The first-order chi connectivity index (χ1) is 10.0. The number of hydrogen-bond donors (Lipinski definition) is 0. The fraction of sp³-hybridized carbons (Fsp3) is 0.235. The molecule has 3 rings (SSSR count). The SMILES string of the molecule is Cc1cc(Cl)ccc1C(=O)Cc1cc(Br)cc2c1OCC2. The van der Waals surface area contributed by atoms with Gasteiger partial charge in [-0.15, -0.1) is 0 Å². The summed E-state index contributed by atoms with van der Waals surface area (Å²) in [5.74, 6) is 0.957. The van der Waals surface area contributed by atoms with E-state index in [9.17, 15) is 4.79 Å². The highest BCUT2D eigenvalue weighted by Crippen LogP contribution is 2.34. The Kier molecular flexibility index (Phi) is 4.05. The minimum absolute atomic E-state index is 0.0833. The normalized spacial score (nSPS) is 12.9. The van der Waals surface area contributed by atoms with Crippen molar-refractivity contribution in [2.45, 2.75) is 19.8 Å². The van der Waals surface area contributed by atoms with E-state index in [0.29, 0.717) is 23.6 Å². The zero-order chi connectivity index (χ0) is 15.0. The van der Waals surface area contributed by atoms with E-state index in [0.717, 1.165) is 27.8 Å². The zero-order valence-electron chi connectivity index (χ0n) is 11.6. The smallest absolute Gasteiger partial charge is 0.167 e. The molecule has 0 N–H and O–H groups in total. The summed E-state index contributed by atoms with van der Waals surface area (Å²) in [5.41, 5.74) is 3.72. The van der Waals surface area contributed by atoms with Crippen molar-refractivity contribution in [3.8, 4) is 5.75 Å². The molecule has 0 fully saturated rings. The van der Waals surface area contributed by atoms with Crippen LogP contribution >= 0.6 is 27.5 Å². The van der Waals surface area contributed by atoms with Gasteiger partial charge >= 0.3 is 0 Å². The second-order valence-electron chi connectivity index (χ2n) is 5.21. The predicted octanol–water partition coefficient (Wildman–Crippen LogP) is 4.77. The van der Waals surface area contributed by atoms with Crippen LogP contribution < -0.4 is 4.74 Å². The van der Waals surface area contributed by atoms with Crippen LogP contribution in [0, 0.1) is 6.92 Å². The van der Waals surface area contributed by atoms with E-state index in [1.165, 1.54) is 5.56 Å². The Hall–Kier alpha value is -1.32. The lowest BCUT2D eigenvalue weighted by Crippen LogP contribution is -2.07. The first kappa shape index (κ1) is 14.6. The van der Waals surface area contributed by atoms with Crippen molar-refractivity contribution in [3.63, 3.8) is 0 Å². The monoisotopic (exact) mass is 364 g/mol. The number of ketones is 1.